The Morgan fingerprint density at radius 3 is 2.88 bits per heavy atom. The highest BCUT2D eigenvalue weighted by molar-refractivity contribution is 6.30. The number of nitrogens with one attached hydrogen (secondary N) is 1. The van der Waals surface area contributed by atoms with Gasteiger partial charge in [-0.2, -0.15) is 0 Å². The Bertz CT molecular complexity index is 384. The summed E-state index contributed by atoms with van der Waals surface area (Å²) in [6.07, 6.45) is 0. The Morgan fingerprint density at radius 1 is 1.62 bits per heavy atom. The lowest BCUT2D eigenvalue weighted by Gasteiger charge is -2.12. The molecule has 0 bridgehead atoms. The Morgan fingerprint density at radius 2 is 2.31 bits per heavy atom. The molecule has 0 spiro atoms. The van der Waals surface area contributed by atoms with E-state index < -0.39 is 5.82 Å². The third-order valence-corrected chi connectivity index (χ3v) is 2.57. The lowest BCUT2D eigenvalue weighted by Crippen LogP contribution is -2.32. The van der Waals surface area contributed by atoms with Crippen molar-refractivity contribution in [2.75, 3.05) is 13.1 Å². The molecule has 1 atom stereocenters. The van der Waals surface area contributed by atoms with Crippen molar-refractivity contribution < 1.29 is 9.18 Å². The second-order valence-corrected chi connectivity index (χ2v) is 3.88. The van der Waals surface area contributed by atoms with Crippen LogP contribution in [0.3, 0.4) is 0 Å². The van der Waals surface area contributed by atoms with Crippen molar-refractivity contribution >= 4 is 17.5 Å². The minimum Gasteiger partial charge on any atom is -0.354 e. The molecule has 1 aromatic rings. The number of hydrogen-bond donors (Lipinski definition) is 2. The van der Waals surface area contributed by atoms with E-state index in [-0.39, 0.29) is 16.8 Å². The van der Waals surface area contributed by atoms with E-state index in [4.69, 9.17) is 17.3 Å². The van der Waals surface area contributed by atoms with Gasteiger partial charge >= 0.3 is 0 Å². The highest BCUT2D eigenvalue weighted by atomic mass is 35.5. The molecule has 5 heteroatoms. The first-order valence-electron chi connectivity index (χ1n) is 4.99. The van der Waals surface area contributed by atoms with Gasteiger partial charge in [-0.15, -0.1) is 0 Å². The van der Waals surface area contributed by atoms with Gasteiger partial charge in [0.25, 0.3) is 0 Å². The van der Waals surface area contributed by atoms with Gasteiger partial charge < -0.3 is 11.1 Å². The molecule has 0 saturated carbocycles. The second-order valence-electron chi connectivity index (χ2n) is 3.47. The van der Waals surface area contributed by atoms with Crippen LogP contribution in [0.1, 0.15) is 18.4 Å². The van der Waals surface area contributed by atoms with Gasteiger partial charge in [0.05, 0.1) is 10.9 Å². The summed E-state index contributed by atoms with van der Waals surface area (Å²) in [4.78, 5) is 11.6. The monoisotopic (exact) mass is 244 g/mol. The number of rotatable bonds is 4. The topological polar surface area (TPSA) is 55.1 Å². The third kappa shape index (κ3) is 3.18. The maximum absolute atomic E-state index is 12.9. The first-order valence-corrected chi connectivity index (χ1v) is 5.36. The van der Waals surface area contributed by atoms with Crippen LogP contribution in [-0.4, -0.2) is 19.0 Å². The van der Waals surface area contributed by atoms with E-state index in [1.165, 1.54) is 12.1 Å². The molecular formula is C11H14ClFN2O. The predicted octanol–water partition coefficient (Wildman–Crippen LogP) is 1.66. The van der Waals surface area contributed by atoms with Crippen molar-refractivity contribution in [1.82, 2.24) is 5.32 Å². The van der Waals surface area contributed by atoms with E-state index >= 15 is 0 Å². The summed E-state index contributed by atoms with van der Waals surface area (Å²) in [5, 5.41) is 2.69. The molecule has 0 saturated heterocycles. The van der Waals surface area contributed by atoms with E-state index in [1.54, 1.807) is 13.0 Å². The van der Waals surface area contributed by atoms with E-state index in [0.717, 1.165) is 0 Å². The average Bonchev–Trinajstić information content (AvgIpc) is 2.28. The van der Waals surface area contributed by atoms with Crippen LogP contribution in [0, 0.1) is 5.82 Å². The van der Waals surface area contributed by atoms with Gasteiger partial charge in [0.15, 0.2) is 0 Å². The molecule has 0 aliphatic rings. The number of amides is 1. The number of carbonyl (C=O) groups is 1. The summed E-state index contributed by atoms with van der Waals surface area (Å²) in [5.74, 6) is -1.00. The first kappa shape index (κ1) is 12.9. The largest absolute Gasteiger partial charge is 0.354 e. The summed E-state index contributed by atoms with van der Waals surface area (Å²) >= 11 is 5.64. The molecule has 88 valence electrons. The molecule has 1 amide bonds. The van der Waals surface area contributed by atoms with Crippen molar-refractivity contribution in [2.24, 2.45) is 5.73 Å². The second kappa shape index (κ2) is 5.82. The number of carbonyl (C=O) groups excluding carboxylic acids is 1. The smallest absolute Gasteiger partial charge is 0.227 e. The van der Waals surface area contributed by atoms with Crippen LogP contribution in [0.25, 0.3) is 0 Å². The number of nitrogens with two attached hydrogens (primary N) is 1. The molecule has 3 nitrogen and oxygen atoms in total. The van der Waals surface area contributed by atoms with Crippen molar-refractivity contribution in [2.45, 2.75) is 12.8 Å². The molecule has 0 heterocycles. The molecule has 3 N–H and O–H groups in total. The lowest BCUT2D eigenvalue weighted by molar-refractivity contribution is -0.122. The Kier molecular flexibility index (Phi) is 4.71. The first-order chi connectivity index (χ1) is 7.56. The van der Waals surface area contributed by atoms with E-state index in [1.807, 2.05) is 0 Å². The van der Waals surface area contributed by atoms with Gasteiger partial charge in [0.2, 0.25) is 5.91 Å². The van der Waals surface area contributed by atoms with Crippen LogP contribution in [0.4, 0.5) is 4.39 Å². The summed E-state index contributed by atoms with van der Waals surface area (Å²) in [6, 6.07) is 4.27. The van der Waals surface area contributed by atoms with Gasteiger partial charge in [0, 0.05) is 13.1 Å². The zero-order chi connectivity index (χ0) is 12.1. The van der Waals surface area contributed by atoms with E-state index in [9.17, 15) is 9.18 Å². The molecule has 0 aliphatic heterocycles. The third-order valence-electron chi connectivity index (χ3n) is 2.28. The minimum absolute atomic E-state index is 0.0241. The fraction of sp³-hybridized carbons (Fsp3) is 0.364. The predicted molar refractivity (Wildman–Crippen MR) is 61.9 cm³/mol. The quantitative estimate of drug-likeness (QED) is 0.846. The van der Waals surface area contributed by atoms with Crippen LogP contribution >= 0.6 is 11.6 Å². The molecule has 0 radical (unpaired) electrons. The molecule has 0 fully saturated rings. The minimum atomic E-state index is -0.486. The summed E-state index contributed by atoms with van der Waals surface area (Å²) in [5.41, 5.74) is 5.96. The maximum Gasteiger partial charge on any atom is 0.227 e. The standard InChI is InChI=1S/C11H14ClFN2O/c1-7(11(16)15-5-4-14)8-2-3-10(13)9(12)6-8/h2-3,6-7H,4-5,14H2,1H3,(H,15,16). The fourth-order valence-electron chi connectivity index (χ4n) is 1.28. The van der Waals surface area contributed by atoms with Gasteiger partial charge in [-0.25, -0.2) is 4.39 Å². The van der Waals surface area contributed by atoms with Crippen molar-refractivity contribution in [1.29, 1.82) is 0 Å². The summed E-state index contributed by atoms with van der Waals surface area (Å²) in [6.45, 7) is 2.55. The molecule has 16 heavy (non-hydrogen) atoms. The normalized spacial score (nSPS) is 12.2. The van der Waals surface area contributed by atoms with Crippen LogP contribution in [0.15, 0.2) is 18.2 Å². The number of benzene rings is 1. The van der Waals surface area contributed by atoms with Crippen LogP contribution in [0.2, 0.25) is 5.02 Å². The zero-order valence-electron chi connectivity index (χ0n) is 8.97. The van der Waals surface area contributed by atoms with Crippen molar-refractivity contribution in [3.8, 4) is 0 Å². The number of halogens is 2. The van der Waals surface area contributed by atoms with E-state index in [0.29, 0.717) is 18.7 Å². The van der Waals surface area contributed by atoms with Crippen LogP contribution < -0.4 is 11.1 Å². The van der Waals surface area contributed by atoms with Gasteiger partial charge in [0.1, 0.15) is 5.82 Å². The maximum atomic E-state index is 12.9. The summed E-state index contributed by atoms with van der Waals surface area (Å²) in [7, 11) is 0. The Balaban J connectivity index is 2.75. The molecule has 0 aromatic heterocycles. The molecule has 1 unspecified atom stereocenters. The molecule has 1 aromatic carbocycles. The summed E-state index contributed by atoms with van der Waals surface area (Å²) < 4.78 is 12.9. The van der Waals surface area contributed by atoms with Crippen LogP contribution in [-0.2, 0) is 4.79 Å². The fourth-order valence-corrected chi connectivity index (χ4v) is 1.47. The van der Waals surface area contributed by atoms with Crippen molar-refractivity contribution in [3.05, 3.63) is 34.6 Å². The number of hydrogen-bond acceptors (Lipinski definition) is 2. The highest BCUT2D eigenvalue weighted by Crippen LogP contribution is 2.22. The SMILES string of the molecule is CC(C(=O)NCCN)c1ccc(F)c(Cl)c1. The average molecular weight is 245 g/mol. The van der Waals surface area contributed by atoms with Crippen LogP contribution in [0.5, 0.6) is 0 Å². The molecule has 1 rings (SSSR count). The van der Waals surface area contributed by atoms with Crippen molar-refractivity contribution in [3.63, 3.8) is 0 Å². The van der Waals surface area contributed by atoms with Gasteiger partial charge in [-0.05, 0) is 24.6 Å². The highest BCUT2D eigenvalue weighted by Gasteiger charge is 2.15. The molecular weight excluding hydrogens is 231 g/mol. The van der Waals surface area contributed by atoms with Gasteiger partial charge in [-0.3, -0.25) is 4.79 Å². The Labute approximate surface area is 98.8 Å². The molecule has 0 aliphatic carbocycles. The van der Waals surface area contributed by atoms with E-state index in [2.05, 4.69) is 5.32 Å². The lowest BCUT2D eigenvalue weighted by atomic mass is 10.0. The zero-order valence-corrected chi connectivity index (χ0v) is 9.72. The Hall–Kier alpha value is -1.13. The van der Waals surface area contributed by atoms with Gasteiger partial charge in [-0.1, -0.05) is 17.7 Å².